The van der Waals surface area contributed by atoms with Crippen molar-refractivity contribution in [1.82, 2.24) is 4.90 Å². The first kappa shape index (κ1) is 16.2. The molecule has 0 aromatic carbocycles. The molecular formula is C15H30N2O2S. The van der Waals surface area contributed by atoms with Crippen LogP contribution in [-0.4, -0.2) is 50.5 Å². The lowest BCUT2D eigenvalue weighted by molar-refractivity contribution is 0.0852. The number of hydrogen-bond donors (Lipinski definition) is 1. The Morgan fingerprint density at radius 1 is 1.20 bits per heavy atom. The molecule has 0 aromatic heterocycles. The van der Waals surface area contributed by atoms with Crippen LogP contribution in [-0.2, 0) is 9.84 Å². The topological polar surface area (TPSA) is 63.4 Å². The first-order valence-corrected chi connectivity index (χ1v) is 10.0. The van der Waals surface area contributed by atoms with Gasteiger partial charge in [0.15, 0.2) is 9.84 Å². The molecule has 2 rings (SSSR count). The second-order valence-electron chi connectivity index (χ2n) is 6.57. The Balaban J connectivity index is 2.02. The summed E-state index contributed by atoms with van der Waals surface area (Å²) in [6.07, 6.45) is 7.08. The first-order valence-electron chi connectivity index (χ1n) is 8.20. The highest BCUT2D eigenvalue weighted by atomic mass is 32.2. The third-order valence-corrected chi connectivity index (χ3v) is 6.84. The minimum atomic E-state index is -2.81. The quantitative estimate of drug-likeness (QED) is 0.857. The average Bonchev–Trinajstić information content (AvgIpc) is 2.60. The second-order valence-corrected chi connectivity index (χ2v) is 8.88. The average molecular weight is 302 g/mol. The van der Waals surface area contributed by atoms with Crippen molar-refractivity contribution in [3.8, 4) is 0 Å². The number of hydrogen-bond acceptors (Lipinski definition) is 4. The van der Waals surface area contributed by atoms with Crippen molar-refractivity contribution >= 4 is 9.84 Å². The molecular weight excluding hydrogens is 272 g/mol. The van der Waals surface area contributed by atoms with Gasteiger partial charge in [-0.3, -0.25) is 4.90 Å². The summed E-state index contributed by atoms with van der Waals surface area (Å²) in [5.41, 5.74) is 5.97. The fraction of sp³-hybridized carbons (Fsp3) is 1.00. The van der Waals surface area contributed by atoms with E-state index in [1.165, 1.54) is 32.1 Å². The highest BCUT2D eigenvalue weighted by molar-refractivity contribution is 7.91. The van der Waals surface area contributed by atoms with Crippen LogP contribution in [0.5, 0.6) is 0 Å². The molecule has 0 aromatic rings. The van der Waals surface area contributed by atoms with Crippen LogP contribution >= 0.6 is 0 Å². The van der Waals surface area contributed by atoms with Gasteiger partial charge in [0, 0.05) is 12.6 Å². The SMILES string of the molecule is CCCC1CCC(CN)C(N2CCCS(=O)(=O)CC2)C1. The Hall–Kier alpha value is -0.130. The Kier molecular flexibility index (Phi) is 5.87. The summed E-state index contributed by atoms with van der Waals surface area (Å²) >= 11 is 0. The van der Waals surface area contributed by atoms with E-state index < -0.39 is 9.84 Å². The zero-order valence-corrected chi connectivity index (χ0v) is 13.6. The molecule has 2 fully saturated rings. The van der Waals surface area contributed by atoms with Gasteiger partial charge < -0.3 is 5.73 Å². The molecule has 1 heterocycles. The van der Waals surface area contributed by atoms with Gasteiger partial charge >= 0.3 is 0 Å². The number of rotatable bonds is 4. The molecule has 1 saturated heterocycles. The minimum Gasteiger partial charge on any atom is -0.330 e. The molecule has 0 spiro atoms. The van der Waals surface area contributed by atoms with E-state index in [2.05, 4.69) is 11.8 Å². The predicted molar refractivity (Wildman–Crippen MR) is 83.4 cm³/mol. The fourth-order valence-electron chi connectivity index (χ4n) is 3.98. The number of sulfone groups is 1. The van der Waals surface area contributed by atoms with Crippen molar-refractivity contribution in [3.05, 3.63) is 0 Å². The molecule has 2 aliphatic rings. The van der Waals surface area contributed by atoms with Crippen molar-refractivity contribution in [2.45, 2.75) is 51.5 Å². The highest BCUT2D eigenvalue weighted by Gasteiger charge is 2.34. The normalized spacial score (nSPS) is 35.6. The molecule has 1 saturated carbocycles. The summed E-state index contributed by atoms with van der Waals surface area (Å²) in [7, 11) is -2.81. The fourth-order valence-corrected chi connectivity index (χ4v) is 5.26. The third kappa shape index (κ3) is 4.18. The van der Waals surface area contributed by atoms with Gasteiger partial charge in [-0.1, -0.05) is 26.2 Å². The van der Waals surface area contributed by atoms with Crippen LogP contribution < -0.4 is 5.73 Å². The molecule has 0 bridgehead atoms. The van der Waals surface area contributed by atoms with E-state index in [0.717, 1.165) is 25.4 Å². The molecule has 0 radical (unpaired) electrons. The lowest BCUT2D eigenvalue weighted by Gasteiger charge is -2.42. The first-order chi connectivity index (χ1) is 9.55. The van der Waals surface area contributed by atoms with Gasteiger partial charge in [0.2, 0.25) is 0 Å². The van der Waals surface area contributed by atoms with E-state index >= 15 is 0 Å². The Labute approximate surface area is 124 Å². The molecule has 20 heavy (non-hydrogen) atoms. The van der Waals surface area contributed by atoms with Gasteiger partial charge in [-0.2, -0.15) is 0 Å². The van der Waals surface area contributed by atoms with Gasteiger partial charge in [0.05, 0.1) is 11.5 Å². The van der Waals surface area contributed by atoms with Crippen molar-refractivity contribution in [3.63, 3.8) is 0 Å². The van der Waals surface area contributed by atoms with E-state index in [9.17, 15) is 8.42 Å². The van der Waals surface area contributed by atoms with E-state index in [0.29, 0.717) is 30.0 Å². The van der Waals surface area contributed by atoms with E-state index in [4.69, 9.17) is 5.73 Å². The maximum absolute atomic E-state index is 11.8. The van der Waals surface area contributed by atoms with Gasteiger partial charge in [-0.05, 0) is 44.2 Å². The molecule has 118 valence electrons. The highest BCUT2D eigenvalue weighted by Crippen LogP contribution is 2.34. The maximum Gasteiger partial charge on any atom is 0.151 e. The van der Waals surface area contributed by atoms with E-state index in [-0.39, 0.29) is 0 Å². The number of nitrogens with two attached hydrogens (primary N) is 1. The minimum absolute atomic E-state index is 0.333. The summed E-state index contributed by atoms with van der Waals surface area (Å²) in [4.78, 5) is 2.43. The van der Waals surface area contributed by atoms with Crippen molar-refractivity contribution in [1.29, 1.82) is 0 Å². The molecule has 3 unspecified atom stereocenters. The summed E-state index contributed by atoms with van der Waals surface area (Å²) in [5.74, 6) is 2.07. The standard InChI is InChI=1S/C15H30N2O2S/c1-2-4-13-5-6-14(12-16)15(11-13)17-7-3-9-20(18,19)10-8-17/h13-15H,2-12,16H2,1H3. The molecule has 1 aliphatic heterocycles. The molecule has 0 amide bonds. The van der Waals surface area contributed by atoms with Crippen molar-refractivity contribution in [2.24, 2.45) is 17.6 Å². The van der Waals surface area contributed by atoms with E-state index in [1.54, 1.807) is 0 Å². The summed E-state index contributed by atoms with van der Waals surface area (Å²) < 4.78 is 23.5. The second kappa shape index (κ2) is 7.23. The smallest absolute Gasteiger partial charge is 0.151 e. The van der Waals surface area contributed by atoms with Crippen LogP contribution in [0.15, 0.2) is 0 Å². The van der Waals surface area contributed by atoms with Gasteiger partial charge in [-0.25, -0.2) is 8.42 Å². The van der Waals surface area contributed by atoms with Crippen molar-refractivity contribution < 1.29 is 8.42 Å². The van der Waals surface area contributed by atoms with Gasteiger partial charge in [0.1, 0.15) is 0 Å². The lowest BCUT2D eigenvalue weighted by atomic mass is 9.76. The van der Waals surface area contributed by atoms with Crippen LogP contribution in [0.4, 0.5) is 0 Å². The van der Waals surface area contributed by atoms with Gasteiger partial charge in [0.25, 0.3) is 0 Å². The van der Waals surface area contributed by atoms with Crippen LogP contribution in [0.25, 0.3) is 0 Å². The van der Waals surface area contributed by atoms with Crippen molar-refractivity contribution in [2.75, 3.05) is 31.1 Å². The van der Waals surface area contributed by atoms with Gasteiger partial charge in [-0.15, -0.1) is 0 Å². The molecule has 2 N–H and O–H groups in total. The Morgan fingerprint density at radius 3 is 2.70 bits per heavy atom. The zero-order valence-electron chi connectivity index (χ0n) is 12.8. The largest absolute Gasteiger partial charge is 0.330 e. The monoisotopic (exact) mass is 302 g/mol. The third-order valence-electron chi connectivity index (χ3n) is 5.12. The van der Waals surface area contributed by atoms with E-state index in [1.807, 2.05) is 0 Å². The van der Waals surface area contributed by atoms with Crippen LogP contribution in [0, 0.1) is 11.8 Å². The van der Waals surface area contributed by atoms with Crippen LogP contribution in [0.1, 0.15) is 45.4 Å². The maximum atomic E-state index is 11.8. The predicted octanol–water partition coefficient (Wildman–Crippen LogP) is 1.65. The van der Waals surface area contributed by atoms with Crippen LogP contribution in [0.3, 0.4) is 0 Å². The summed E-state index contributed by atoms with van der Waals surface area (Å²) in [6, 6.07) is 0.513. The summed E-state index contributed by atoms with van der Waals surface area (Å²) in [6.45, 7) is 4.64. The molecule has 1 aliphatic carbocycles. The Bertz CT molecular complexity index is 397. The lowest BCUT2D eigenvalue weighted by Crippen LogP contribution is -2.48. The Morgan fingerprint density at radius 2 is 2.00 bits per heavy atom. The number of nitrogens with zero attached hydrogens (tertiary/aromatic N) is 1. The van der Waals surface area contributed by atoms with Crippen LogP contribution in [0.2, 0.25) is 0 Å². The molecule has 5 heteroatoms. The summed E-state index contributed by atoms with van der Waals surface area (Å²) in [5, 5.41) is 0. The molecule has 4 nitrogen and oxygen atoms in total. The molecule has 3 atom stereocenters. The zero-order chi connectivity index (χ0) is 14.6.